The summed E-state index contributed by atoms with van der Waals surface area (Å²) in [6, 6.07) is 15.9. The fourth-order valence-electron chi connectivity index (χ4n) is 2.19. The molecule has 3 aromatic heterocycles. The van der Waals surface area contributed by atoms with Crippen LogP contribution in [0.25, 0.3) is 27.9 Å². The minimum absolute atomic E-state index is 0.810. The van der Waals surface area contributed by atoms with E-state index in [9.17, 15) is 0 Å². The molecule has 0 aliphatic carbocycles. The van der Waals surface area contributed by atoms with Crippen LogP contribution in [0.1, 0.15) is 0 Å². The van der Waals surface area contributed by atoms with E-state index in [1.54, 1.807) is 10.7 Å². The van der Waals surface area contributed by atoms with Crippen molar-refractivity contribution >= 4 is 16.7 Å². The number of nitrogens with zero attached hydrogens (tertiary/aromatic N) is 4. The van der Waals surface area contributed by atoms with Gasteiger partial charge >= 0.3 is 0 Å². The molecule has 4 rings (SSSR count). The van der Waals surface area contributed by atoms with Crippen LogP contribution in [0.15, 0.2) is 60.9 Å². The van der Waals surface area contributed by atoms with Gasteiger partial charge in [0, 0.05) is 29.4 Å². The molecule has 0 aliphatic heterocycles. The summed E-state index contributed by atoms with van der Waals surface area (Å²) in [5.41, 5.74) is 3.63. The molecule has 0 unspecified atom stereocenters. The summed E-state index contributed by atoms with van der Waals surface area (Å²) in [4.78, 5) is 8.79. The highest BCUT2D eigenvalue weighted by Gasteiger charge is 2.07. The zero-order chi connectivity index (χ0) is 12.7. The molecule has 0 atom stereocenters. The van der Waals surface area contributed by atoms with Crippen molar-refractivity contribution in [1.29, 1.82) is 0 Å². The van der Waals surface area contributed by atoms with Gasteiger partial charge in [0.25, 0.3) is 0 Å². The highest BCUT2D eigenvalue weighted by Crippen LogP contribution is 2.20. The number of rotatable bonds is 1. The van der Waals surface area contributed by atoms with E-state index in [4.69, 9.17) is 0 Å². The molecular weight excluding hydrogens is 236 g/mol. The monoisotopic (exact) mass is 246 g/mol. The molecule has 19 heavy (non-hydrogen) atoms. The molecule has 0 aliphatic rings. The number of fused-ring (bicyclic) bond motifs is 3. The molecule has 0 N–H and O–H groups in total. The van der Waals surface area contributed by atoms with Crippen LogP contribution < -0.4 is 0 Å². The van der Waals surface area contributed by atoms with Crippen molar-refractivity contribution in [2.24, 2.45) is 0 Å². The average Bonchev–Trinajstić information content (AvgIpc) is 2.93. The fraction of sp³-hybridized carbons (Fsp3) is 0. The van der Waals surface area contributed by atoms with Gasteiger partial charge < -0.3 is 0 Å². The Hall–Kier alpha value is -2.75. The third-order valence-corrected chi connectivity index (χ3v) is 3.11. The standard InChI is InChI=1S/C15H10N4/c1-2-5-11(6-3-1)13-9-14-17-10-12-7-4-8-16-15(12)19(14)18-13/h1-10H. The van der Waals surface area contributed by atoms with Gasteiger partial charge in [0.1, 0.15) is 0 Å². The molecule has 0 spiro atoms. The van der Waals surface area contributed by atoms with Gasteiger partial charge in [-0.25, -0.2) is 9.97 Å². The highest BCUT2D eigenvalue weighted by atomic mass is 15.3. The maximum absolute atomic E-state index is 4.60. The lowest BCUT2D eigenvalue weighted by molar-refractivity contribution is 0.967. The molecule has 0 bridgehead atoms. The van der Waals surface area contributed by atoms with Gasteiger partial charge in [-0.2, -0.15) is 9.61 Å². The summed E-state index contributed by atoms with van der Waals surface area (Å²) >= 11 is 0. The third kappa shape index (κ3) is 1.57. The number of hydrogen-bond acceptors (Lipinski definition) is 3. The van der Waals surface area contributed by atoms with Gasteiger partial charge in [-0.05, 0) is 12.1 Å². The van der Waals surface area contributed by atoms with Gasteiger partial charge in [-0.3, -0.25) is 0 Å². The van der Waals surface area contributed by atoms with Crippen molar-refractivity contribution in [3.8, 4) is 11.3 Å². The van der Waals surface area contributed by atoms with Crippen molar-refractivity contribution in [3.05, 3.63) is 60.9 Å². The van der Waals surface area contributed by atoms with Crippen molar-refractivity contribution in [2.75, 3.05) is 0 Å². The number of pyridine rings is 1. The first-order valence-corrected chi connectivity index (χ1v) is 6.07. The smallest absolute Gasteiger partial charge is 0.164 e. The van der Waals surface area contributed by atoms with E-state index < -0.39 is 0 Å². The van der Waals surface area contributed by atoms with Crippen molar-refractivity contribution in [3.63, 3.8) is 0 Å². The lowest BCUT2D eigenvalue weighted by atomic mass is 10.2. The predicted molar refractivity (Wildman–Crippen MR) is 73.7 cm³/mol. The third-order valence-electron chi connectivity index (χ3n) is 3.11. The second kappa shape index (κ2) is 3.88. The number of aromatic nitrogens is 4. The van der Waals surface area contributed by atoms with E-state index in [1.807, 2.05) is 54.7 Å². The zero-order valence-corrected chi connectivity index (χ0v) is 10.1. The Morgan fingerprint density at radius 1 is 0.895 bits per heavy atom. The molecule has 4 heteroatoms. The molecular formula is C15H10N4. The van der Waals surface area contributed by atoms with Crippen LogP contribution in [0.4, 0.5) is 0 Å². The molecule has 0 saturated heterocycles. The van der Waals surface area contributed by atoms with E-state index in [1.165, 1.54) is 0 Å². The first-order chi connectivity index (χ1) is 9.42. The van der Waals surface area contributed by atoms with Crippen LogP contribution in [0.3, 0.4) is 0 Å². The summed E-state index contributed by atoms with van der Waals surface area (Å²) in [6.07, 6.45) is 3.60. The van der Waals surface area contributed by atoms with Crippen LogP contribution >= 0.6 is 0 Å². The average molecular weight is 246 g/mol. The topological polar surface area (TPSA) is 43.1 Å². The summed E-state index contributed by atoms with van der Waals surface area (Å²) < 4.78 is 1.79. The SMILES string of the molecule is c1ccc(-c2cc3ncc4cccnc4n3n2)cc1. The second-order valence-corrected chi connectivity index (χ2v) is 4.34. The maximum atomic E-state index is 4.60. The van der Waals surface area contributed by atoms with Crippen molar-refractivity contribution in [2.45, 2.75) is 0 Å². The summed E-state index contributed by atoms with van der Waals surface area (Å²) in [6.45, 7) is 0. The van der Waals surface area contributed by atoms with Crippen LogP contribution in [-0.2, 0) is 0 Å². The second-order valence-electron chi connectivity index (χ2n) is 4.34. The number of benzene rings is 1. The molecule has 4 nitrogen and oxygen atoms in total. The van der Waals surface area contributed by atoms with Crippen LogP contribution in [0.2, 0.25) is 0 Å². The molecule has 0 amide bonds. The lowest BCUT2D eigenvalue weighted by Gasteiger charge is -1.98. The molecule has 4 aromatic rings. The first-order valence-electron chi connectivity index (χ1n) is 6.07. The lowest BCUT2D eigenvalue weighted by Crippen LogP contribution is -1.94. The van der Waals surface area contributed by atoms with Crippen LogP contribution in [0, 0.1) is 0 Å². The van der Waals surface area contributed by atoms with Gasteiger partial charge in [0.05, 0.1) is 5.69 Å². The quantitative estimate of drug-likeness (QED) is 0.518. The van der Waals surface area contributed by atoms with Crippen molar-refractivity contribution < 1.29 is 0 Å². The summed E-state index contributed by atoms with van der Waals surface area (Å²) in [5, 5.41) is 5.59. The Balaban J connectivity index is 2.04. The number of hydrogen-bond donors (Lipinski definition) is 0. The maximum Gasteiger partial charge on any atom is 0.164 e. The van der Waals surface area contributed by atoms with Crippen LogP contribution in [-0.4, -0.2) is 19.6 Å². The zero-order valence-electron chi connectivity index (χ0n) is 10.1. The molecule has 3 heterocycles. The van der Waals surface area contributed by atoms with E-state index >= 15 is 0 Å². The predicted octanol–water partition coefficient (Wildman–Crippen LogP) is 2.94. The normalized spacial score (nSPS) is 11.2. The minimum Gasteiger partial charge on any atom is -0.236 e. The highest BCUT2D eigenvalue weighted by molar-refractivity contribution is 5.77. The fourth-order valence-corrected chi connectivity index (χ4v) is 2.19. The van der Waals surface area contributed by atoms with E-state index in [0.29, 0.717) is 0 Å². The van der Waals surface area contributed by atoms with Crippen molar-refractivity contribution in [1.82, 2.24) is 19.6 Å². The molecule has 0 saturated carbocycles. The Morgan fingerprint density at radius 3 is 2.68 bits per heavy atom. The van der Waals surface area contributed by atoms with Gasteiger partial charge in [-0.15, -0.1) is 0 Å². The Morgan fingerprint density at radius 2 is 1.79 bits per heavy atom. The Kier molecular flexibility index (Phi) is 2.08. The summed E-state index contributed by atoms with van der Waals surface area (Å²) in [7, 11) is 0. The van der Waals surface area contributed by atoms with Crippen LogP contribution in [0.5, 0.6) is 0 Å². The largest absolute Gasteiger partial charge is 0.236 e. The molecule has 0 fully saturated rings. The minimum atomic E-state index is 0.810. The van der Waals surface area contributed by atoms with Gasteiger partial charge in [-0.1, -0.05) is 30.3 Å². The van der Waals surface area contributed by atoms with E-state index in [0.717, 1.165) is 27.9 Å². The molecule has 1 aromatic carbocycles. The Bertz CT molecular complexity index is 865. The first kappa shape index (κ1) is 10.2. The van der Waals surface area contributed by atoms with E-state index in [-0.39, 0.29) is 0 Å². The van der Waals surface area contributed by atoms with Gasteiger partial charge in [0.15, 0.2) is 11.3 Å². The molecule has 0 radical (unpaired) electrons. The summed E-state index contributed by atoms with van der Waals surface area (Å²) in [5.74, 6) is 0. The molecule has 90 valence electrons. The Labute approximate surface area is 109 Å². The van der Waals surface area contributed by atoms with Gasteiger partial charge in [0.2, 0.25) is 0 Å². The van der Waals surface area contributed by atoms with E-state index in [2.05, 4.69) is 15.1 Å².